The first kappa shape index (κ1) is 52.6. The Kier molecular flexibility index (Phi) is 39.5. The van der Waals surface area contributed by atoms with E-state index in [1.807, 2.05) is 0 Å². The van der Waals surface area contributed by atoms with Crippen molar-refractivity contribution in [1.29, 1.82) is 0 Å². The maximum Gasteiger partial charge on any atom is 0.472 e. The van der Waals surface area contributed by atoms with Gasteiger partial charge in [-0.1, -0.05) is 137 Å². The number of carbonyl (C=O) groups is 1. The van der Waals surface area contributed by atoms with Gasteiger partial charge in [0, 0.05) is 13.0 Å². The van der Waals surface area contributed by atoms with Crippen molar-refractivity contribution < 1.29 is 43.0 Å². The van der Waals surface area contributed by atoms with Crippen LogP contribution in [0.3, 0.4) is 0 Å². The van der Waals surface area contributed by atoms with Crippen LogP contribution in [0.2, 0.25) is 0 Å². The minimum atomic E-state index is -4.54. The van der Waals surface area contributed by atoms with E-state index in [0.717, 1.165) is 89.9 Å². The summed E-state index contributed by atoms with van der Waals surface area (Å²) >= 11 is 0. The maximum absolute atomic E-state index is 12.6. The molecule has 0 heterocycles. The summed E-state index contributed by atoms with van der Waals surface area (Å²) in [4.78, 5) is 22.6. The van der Waals surface area contributed by atoms with E-state index in [-0.39, 0.29) is 13.0 Å². The largest absolute Gasteiger partial charge is 0.472 e. The monoisotopic (exact) mass is 793 g/mol. The molecule has 0 rings (SSSR count). The molecule has 3 atom stereocenters. The Labute approximate surface area is 335 Å². The molecule has 0 aliphatic heterocycles. The van der Waals surface area contributed by atoms with Crippen LogP contribution in [0.25, 0.3) is 0 Å². The first-order valence-electron chi connectivity index (χ1n) is 21.1. The van der Waals surface area contributed by atoms with Gasteiger partial charge in [-0.15, -0.1) is 0 Å². The predicted molar refractivity (Wildman–Crippen MR) is 228 cm³/mol. The normalized spacial score (nSPS) is 14.9. The molecule has 3 unspecified atom stereocenters. The number of hydrogen-bond acceptors (Lipinski definition) is 8. The number of unbranched alkanes of at least 4 members (excludes halogenated alkanes) is 11. The van der Waals surface area contributed by atoms with Crippen molar-refractivity contribution in [2.45, 2.75) is 161 Å². The minimum absolute atomic E-state index is 0.00887. The highest BCUT2D eigenvalue weighted by molar-refractivity contribution is 7.47. The molecule has 0 fully saturated rings. The quantitative estimate of drug-likeness (QED) is 0.0241. The van der Waals surface area contributed by atoms with Gasteiger partial charge in [0.15, 0.2) is 0 Å². The van der Waals surface area contributed by atoms with Crippen LogP contribution in [0.1, 0.15) is 149 Å². The summed E-state index contributed by atoms with van der Waals surface area (Å²) in [7, 11) is -4.54. The fourth-order valence-electron chi connectivity index (χ4n) is 5.12. The van der Waals surface area contributed by atoms with Crippen LogP contribution >= 0.6 is 7.82 Å². The summed E-state index contributed by atoms with van der Waals surface area (Å²) in [5, 5.41) is 18.3. The summed E-state index contributed by atoms with van der Waals surface area (Å²) in [5.74, 6) is -0.415. The molecule has 0 aromatic heterocycles. The summed E-state index contributed by atoms with van der Waals surface area (Å²) in [6.07, 6.45) is 49.7. The van der Waals surface area contributed by atoms with Crippen LogP contribution in [-0.4, -0.2) is 66.3 Å². The molecule has 0 saturated carbocycles. The lowest BCUT2D eigenvalue weighted by Crippen LogP contribution is -2.29. The number of allylic oxidation sites excluding steroid dienone is 14. The van der Waals surface area contributed by atoms with Crippen molar-refractivity contribution >= 4 is 13.8 Å². The van der Waals surface area contributed by atoms with E-state index in [1.54, 1.807) is 0 Å². The molecule has 0 aliphatic rings. The standard InChI is InChI=1S/C45H77O9P/c1-3-5-7-9-11-13-15-17-19-21-22-24-26-28-30-32-34-36-38-51-41-44(42-53-55(49,50)52-40-43(47)39-46)54-45(48)37-35-33-31-29-27-25-23-20-18-16-14-12-10-8-6-4-2/h5,7,11,13-14,16-17,19-20,22-24,28,30,43-44,46-47H,3-4,6,8-10,12,15,18,21,25-27,29,31-42H2,1-2H3,(H,49,50)/b7-5-,13-11-,16-14-,19-17-,23-20-,24-22-,30-28-. The second kappa shape index (κ2) is 41.3. The zero-order valence-electron chi connectivity index (χ0n) is 34.4. The van der Waals surface area contributed by atoms with Crippen LogP contribution < -0.4 is 0 Å². The summed E-state index contributed by atoms with van der Waals surface area (Å²) < 4.78 is 33.3. The van der Waals surface area contributed by atoms with E-state index in [4.69, 9.17) is 23.6 Å². The maximum atomic E-state index is 12.6. The molecular formula is C45H77O9P. The molecule has 0 aromatic carbocycles. The number of aliphatic hydroxyl groups excluding tert-OH is 2. The van der Waals surface area contributed by atoms with Crippen LogP contribution in [0, 0.1) is 0 Å². The number of aliphatic hydroxyl groups is 2. The SMILES string of the molecule is CC/C=C\C/C=C\C/C=C\C/C=C\C/C=C\CCCCOCC(COP(=O)(O)OCC(O)CO)OC(=O)CCCCCCC/C=C\C/C=C\CCCCCC. The minimum Gasteiger partial charge on any atom is -0.457 e. The van der Waals surface area contributed by atoms with Crippen molar-refractivity contribution in [3.8, 4) is 0 Å². The number of phosphoric ester groups is 1. The van der Waals surface area contributed by atoms with E-state index in [9.17, 15) is 19.4 Å². The van der Waals surface area contributed by atoms with Crippen molar-refractivity contribution in [2.75, 3.05) is 33.0 Å². The van der Waals surface area contributed by atoms with Gasteiger partial charge in [0.1, 0.15) is 12.2 Å². The van der Waals surface area contributed by atoms with Crippen molar-refractivity contribution in [1.82, 2.24) is 0 Å². The van der Waals surface area contributed by atoms with Crippen LogP contribution in [-0.2, 0) is 27.9 Å². The van der Waals surface area contributed by atoms with Gasteiger partial charge in [0.25, 0.3) is 0 Å². The van der Waals surface area contributed by atoms with E-state index in [1.165, 1.54) is 32.1 Å². The lowest BCUT2D eigenvalue weighted by Gasteiger charge is -2.20. The lowest BCUT2D eigenvalue weighted by molar-refractivity contribution is -0.154. The number of phosphoric acid groups is 1. The van der Waals surface area contributed by atoms with Gasteiger partial charge in [-0.3, -0.25) is 13.8 Å². The zero-order valence-corrected chi connectivity index (χ0v) is 35.3. The van der Waals surface area contributed by atoms with Crippen LogP contribution in [0.5, 0.6) is 0 Å². The third kappa shape index (κ3) is 41.1. The van der Waals surface area contributed by atoms with Gasteiger partial charge < -0.3 is 24.6 Å². The molecule has 10 heteroatoms. The Balaban J connectivity index is 4.33. The lowest BCUT2D eigenvalue weighted by atomic mass is 10.1. The van der Waals surface area contributed by atoms with E-state index >= 15 is 0 Å². The van der Waals surface area contributed by atoms with Crippen molar-refractivity contribution in [3.63, 3.8) is 0 Å². The fraction of sp³-hybridized carbons (Fsp3) is 0.667. The molecule has 9 nitrogen and oxygen atoms in total. The van der Waals surface area contributed by atoms with Gasteiger partial charge in [-0.25, -0.2) is 4.57 Å². The van der Waals surface area contributed by atoms with Gasteiger partial charge in [-0.2, -0.15) is 0 Å². The van der Waals surface area contributed by atoms with E-state index in [0.29, 0.717) is 13.0 Å². The Morgan fingerprint density at radius 3 is 1.56 bits per heavy atom. The average Bonchev–Trinajstić information content (AvgIpc) is 3.18. The van der Waals surface area contributed by atoms with Gasteiger partial charge in [-0.05, 0) is 89.9 Å². The highest BCUT2D eigenvalue weighted by atomic mass is 31.2. The van der Waals surface area contributed by atoms with Crippen LogP contribution in [0.15, 0.2) is 85.1 Å². The summed E-state index contributed by atoms with van der Waals surface area (Å²) in [6, 6.07) is 0. The predicted octanol–water partition coefficient (Wildman–Crippen LogP) is 11.5. The number of esters is 1. The molecule has 0 aliphatic carbocycles. The highest BCUT2D eigenvalue weighted by Crippen LogP contribution is 2.43. The first-order chi connectivity index (χ1) is 26.8. The van der Waals surface area contributed by atoms with Crippen molar-refractivity contribution in [2.24, 2.45) is 0 Å². The first-order valence-corrected chi connectivity index (χ1v) is 22.6. The number of ether oxygens (including phenoxy) is 2. The molecule has 0 amide bonds. The second-order valence-corrected chi connectivity index (χ2v) is 15.1. The fourth-order valence-corrected chi connectivity index (χ4v) is 5.91. The summed E-state index contributed by atoms with van der Waals surface area (Å²) in [6.45, 7) is 3.23. The molecule has 0 bridgehead atoms. The van der Waals surface area contributed by atoms with Gasteiger partial charge >= 0.3 is 13.8 Å². The zero-order chi connectivity index (χ0) is 40.3. The van der Waals surface area contributed by atoms with E-state index in [2.05, 4.69) is 98.9 Å². The third-order valence-electron chi connectivity index (χ3n) is 8.31. The smallest absolute Gasteiger partial charge is 0.457 e. The summed E-state index contributed by atoms with van der Waals surface area (Å²) in [5.41, 5.74) is 0. The highest BCUT2D eigenvalue weighted by Gasteiger charge is 2.26. The molecular weight excluding hydrogens is 715 g/mol. The number of carbonyl (C=O) groups excluding carboxylic acids is 1. The average molecular weight is 793 g/mol. The molecule has 0 spiro atoms. The molecule has 316 valence electrons. The Morgan fingerprint density at radius 2 is 1.04 bits per heavy atom. The molecule has 0 aromatic rings. The molecule has 3 N–H and O–H groups in total. The number of rotatable bonds is 39. The molecule has 0 saturated heterocycles. The van der Waals surface area contributed by atoms with Crippen LogP contribution in [0.4, 0.5) is 0 Å². The third-order valence-corrected chi connectivity index (χ3v) is 9.27. The van der Waals surface area contributed by atoms with Gasteiger partial charge in [0.2, 0.25) is 0 Å². The Hall–Kier alpha value is -2.36. The topological polar surface area (TPSA) is 132 Å². The van der Waals surface area contributed by atoms with Gasteiger partial charge in [0.05, 0.1) is 26.4 Å². The van der Waals surface area contributed by atoms with Crippen molar-refractivity contribution in [3.05, 3.63) is 85.1 Å². The molecule has 55 heavy (non-hydrogen) atoms. The number of hydrogen-bond donors (Lipinski definition) is 3. The Morgan fingerprint density at radius 1 is 0.582 bits per heavy atom. The molecule has 0 radical (unpaired) electrons. The second-order valence-electron chi connectivity index (χ2n) is 13.6. The Bertz CT molecular complexity index is 1130. The van der Waals surface area contributed by atoms with E-state index < -0.39 is 45.8 Å².